The van der Waals surface area contributed by atoms with Gasteiger partial charge in [-0.2, -0.15) is 0 Å². The van der Waals surface area contributed by atoms with Crippen LogP contribution in [0.2, 0.25) is 0 Å². The van der Waals surface area contributed by atoms with Crippen molar-refractivity contribution in [1.29, 1.82) is 0 Å². The molecule has 0 saturated heterocycles. The van der Waals surface area contributed by atoms with E-state index >= 15 is 0 Å². The summed E-state index contributed by atoms with van der Waals surface area (Å²) in [5.41, 5.74) is 0. The second-order valence-corrected chi connectivity index (χ2v) is 7.08. The van der Waals surface area contributed by atoms with Gasteiger partial charge in [0.15, 0.2) is 0 Å². The van der Waals surface area contributed by atoms with Crippen molar-refractivity contribution in [1.82, 2.24) is 0 Å². The van der Waals surface area contributed by atoms with E-state index in [4.69, 9.17) is 37.9 Å². The van der Waals surface area contributed by atoms with Gasteiger partial charge in [-0.15, -0.1) is 0 Å². The third kappa shape index (κ3) is 27.7. The molecular formula is C22H46O8. The SMILES string of the molecule is CCCOCCOCCOCCOCCOCCOCCOCCOCCC(C)C. The molecule has 0 N–H and O–H groups in total. The summed E-state index contributed by atoms with van der Waals surface area (Å²) in [5, 5.41) is 0. The van der Waals surface area contributed by atoms with Crippen molar-refractivity contribution >= 4 is 0 Å². The molecule has 0 aliphatic heterocycles. The van der Waals surface area contributed by atoms with E-state index in [1.165, 1.54) is 0 Å². The largest absolute Gasteiger partial charge is 0.379 e. The van der Waals surface area contributed by atoms with Crippen molar-refractivity contribution in [3.63, 3.8) is 0 Å². The fourth-order valence-corrected chi connectivity index (χ4v) is 2.10. The lowest BCUT2D eigenvalue weighted by atomic mass is 10.1. The fourth-order valence-electron chi connectivity index (χ4n) is 2.10. The minimum atomic E-state index is 0.550. The first-order valence-corrected chi connectivity index (χ1v) is 11.4. The number of ether oxygens (including phenoxy) is 8. The van der Waals surface area contributed by atoms with E-state index in [0.29, 0.717) is 98.4 Å². The zero-order valence-corrected chi connectivity index (χ0v) is 19.6. The molecule has 0 fully saturated rings. The molecule has 0 unspecified atom stereocenters. The normalized spacial score (nSPS) is 11.6. The monoisotopic (exact) mass is 438 g/mol. The van der Waals surface area contributed by atoms with Crippen LogP contribution in [0.5, 0.6) is 0 Å². The van der Waals surface area contributed by atoms with E-state index in [2.05, 4.69) is 20.8 Å². The maximum Gasteiger partial charge on any atom is 0.0701 e. The summed E-state index contributed by atoms with van der Waals surface area (Å²) in [6.07, 6.45) is 2.12. The smallest absolute Gasteiger partial charge is 0.0701 e. The third-order valence-electron chi connectivity index (χ3n) is 3.79. The molecule has 0 spiro atoms. The number of hydrogen-bond acceptors (Lipinski definition) is 8. The van der Waals surface area contributed by atoms with Crippen LogP contribution in [0.25, 0.3) is 0 Å². The molecule has 0 heterocycles. The van der Waals surface area contributed by atoms with E-state index < -0.39 is 0 Å². The van der Waals surface area contributed by atoms with E-state index in [0.717, 1.165) is 26.1 Å². The predicted molar refractivity (Wildman–Crippen MR) is 116 cm³/mol. The van der Waals surface area contributed by atoms with Gasteiger partial charge in [-0.3, -0.25) is 0 Å². The lowest BCUT2D eigenvalue weighted by Crippen LogP contribution is -2.15. The molecule has 0 rings (SSSR count). The van der Waals surface area contributed by atoms with Crippen LogP contribution in [0.1, 0.15) is 33.6 Å². The summed E-state index contributed by atoms with van der Waals surface area (Å²) in [7, 11) is 0. The van der Waals surface area contributed by atoms with E-state index in [9.17, 15) is 0 Å². The summed E-state index contributed by atoms with van der Waals surface area (Å²) >= 11 is 0. The Labute approximate surface area is 183 Å². The van der Waals surface area contributed by atoms with Gasteiger partial charge in [0.05, 0.1) is 92.5 Å². The van der Waals surface area contributed by atoms with Crippen LogP contribution in [0.3, 0.4) is 0 Å². The molecule has 0 radical (unpaired) electrons. The minimum Gasteiger partial charge on any atom is -0.379 e. The van der Waals surface area contributed by atoms with Crippen LogP contribution in [0.15, 0.2) is 0 Å². The van der Waals surface area contributed by atoms with Crippen LogP contribution in [-0.2, 0) is 37.9 Å². The molecule has 0 bridgehead atoms. The quantitative estimate of drug-likeness (QED) is 0.191. The van der Waals surface area contributed by atoms with Crippen LogP contribution in [0, 0.1) is 5.92 Å². The molecule has 182 valence electrons. The second kappa shape index (κ2) is 26.7. The Kier molecular flexibility index (Phi) is 26.4. The Balaban J connectivity index is 2.99. The van der Waals surface area contributed by atoms with Crippen LogP contribution < -0.4 is 0 Å². The van der Waals surface area contributed by atoms with E-state index in [1.807, 2.05) is 0 Å². The molecule has 0 saturated carbocycles. The molecule has 30 heavy (non-hydrogen) atoms. The first-order valence-electron chi connectivity index (χ1n) is 11.4. The van der Waals surface area contributed by atoms with Gasteiger partial charge in [-0.25, -0.2) is 0 Å². The first-order chi connectivity index (χ1) is 14.8. The zero-order valence-electron chi connectivity index (χ0n) is 19.6. The topological polar surface area (TPSA) is 73.8 Å². The average molecular weight is 439 g/mol. The average Bonchev–Trinajstić information content (AvgIpc) is 2.73. The highest BCUT2D eigenvalue weighted by Crippen LogP contribution is 1.98. The Morgan fingerprint density at radius 1 is 0.367 bits per heavy atom. The zero-order chi connectivity index (χ0) is 22.0. The lowest BCUT2D eigenvalue weighted by molar-refractivity contribution is -0.0232. The van der Waals surface area contributed by atoms with Crippen molar-refractivity contribution in [2.75, 3.05) is 106 Å². The number of hydrogen-bond donors (Lipinski definition) is 0. The molecule has 0 aliphatic carbocycles. The van der Waals surface area contributed by atoms with Crippen molar-refractivity contribution in [2.45, 2.75) is 33.6 Å². The Morgan fingerprint density at radius 3 is 0.833 bits per heavy atom. The van der Waals surface area contributed by atoms with Gasteiger partial charge >= 0.3 is 0 Å². The maximum atomic E-state index is 5.47. The molecule has 0 aromatic rings. The molecule has 0 aliphatic rings. The van der Waals surface area contributed by atoms with Crippen LogP contribution >= 0.6 is 0 Å². The summed E-state index contributed by atoms with van der Waals surface area (Å²) in [5.74, 6) is 0.679. The van der Waals surface area contributed by atoms with Gasteiger partial charge in [-0.05, 0) is 18.8 Å². The molecule has 8 heteroatoms. The first kappa shape index (κ1) is 29.7. The highest BCUT2D eigenvalue weighted by molar-refractivity contribution is 4.42. The third-order valence-corrected chi connectivity index (χ3v) is 3.79. The van der Waals surface area contributed by atoms with Gasteiger partial charge in [0.1, 0.15) is 0 Å². The van der Waals surface area contributed by atoms with E-state index in [1.54, 1.807) is 0 Å². The highest BCUT2D eigenvalue weighted by atomic mass is 16.6. The van der Waals surface area contributed by atoms with Gasteiger partial charge in [0.25, 0.3) is 0 Å². The summed E-state index contributed by atoms with van der Waals surface area (Å²) in [6.45, 7) is 16.2. The Morgan fingerprint density at radius 2 is 0.600 bits per heavy atom. The molecule has 0 atom stereocenters. The summed E-state index contributed by atoms with van der Waals surface area (Å²) in [6, 6.07) is 0. The van der Waals surface area contributed by atoms with Gasteiger partial charge in [0, 0.05) is 13.2 Å². The van der Waals surface area contributed by atoms with Crippen LogP contribution in [-0.4, -0.2) is 106 Å². The van der Waals surface area contributed by atoms with E-state index in [-0.39, 0.29) is 0 Å². The van der Waals surface area contributed by atoms with Gasteiger partial charge < -0.3 is 37.9 Å². The lowest BCUT2D eigenvalue weighted by Gasteiger charge is -2.09. The second-order valence-electron chi connectivity index (χ2n) is 7.08. The summed E-state index contributed by atoms with van der Waals surface area (Å²) < 4.78 is 43.3. The predicted octanol–water partition coefficient (Wildman–Crippen LogP) is 2.58. The Hall–Kier alpha value is -0.320. The highest BCUT2D eigenvalue weighted by Gasteiger charge is 1.96. The molecule has 0 aromatic carbocycles. The maximum absolute atomic E-state index is 5.47. The van der Waals surface area contributed by atoms with Gasteiger partial charge in [-0.1, -0.05) is 20.8 Å². The summed E-state index contributed by atoms with van der Waals surface area (Å²) in [4.78, 5) is 0. The fraction of sp³-hybridized carbons (Fsp3) is 1.00. The standard InChI is InChI=1S/C22H46O8/c1-4-6-23-8-10-25-12-14-27-16-18-29-20-21-30-19-17-28-15-13-26-11-9-24-7-5-22(2)3/h22H,4-21H2,1-3H3. The van der Waals surface area contributed by atoms with Crippen molar-refractivity contribution in [2.24, 2.45) is 5.92 Å². The Bertz CT molecular complexity index is 305. The van der Waals surface area contributed by atoms with Crippen molar-refractivity contribution in [3.05, 3.63) is 0 Å². The molecule has 8 nitrogen and oxygen atoms in total. The molecule has 0 amide bonds. The molecular weight excluding hydrogens is 392 g/mol. The van der Waals surface area contributed by atoms with Crippen molar-refractivity contribution < 1.29 is 37.9 Å². The van der Waals surface area contributed by atoms with Crippen LogP contribution in [0.4, 0.5) is 0 Å². The van der Waals surface area contributed by atoms with Crippen molar-refractivity contribution in [3.8, 4) is 0 Å². The number of rotatable bonds is 26. The van der Waals surface area contributed by atoms with Gasteiger partial charge in [0.2, 0.25) is 0 Å². The molecule has 0 aromatic heterocycles. The minimum absolute atomic E-state index is 0.550.